The van der Waals surface area contributed by atoms with E-state index in [-0.39, 0.29) is 11.9 Å². The Morgan fingerprint density at radius 2 is 1.85 bits per heavy atom. The van der Waals surface area contributed by atoms with Gasteiger partial charge in [0, 0.05) is 11.4 Å². The van der Waals surface area contributed by atoms with Crippen molar-refractivity contribution in [1.82, 2.24) is 0 Å². The molecule has 1 spiro atoms. The predicted molar refractivity (Wildman–Crippen MR) is 103 cm³/mol. The number of benzene rings is 1. The Morgan fingerprint density at radius 3 is 2.54 bits per heavy atom. The van der Waals surface area contributed by atoms with E-state index in [0.717, 1.165) is 37.1 Å². The van der Waals surface area contributed by atoms with E-state index in [4.69, 9.17) is 11.5 Å². The summed E-state index contributed by atoms with van der Waals surface area (Å²) in [6, 6.07) is 7.63. The Kier molecular flexibility index (Phi) is 3.90. The molecule has 8 nitrogen and oxygen atoms in total. The summed E-state index contributed by atoms with van der Waals surface area (Å²) >= 11 is 0. The van der Waals surface area contributed by atoms with Crippen molar-refractivity contribution in [3.63, 3.8) is 0 Å². The smallest absolute Gasteiger partial charge is 0.253 e. The van der Waals surface area contributed by atoms with Gasteiger partial charge in [-0.15, -0.1) is 0 Å². The van der Waals surface area contributed by atoms with Gasteiger partial charge < -0.3 is 11.5 Å². The van der Waals surface area contributed by atoms with Gasteiger partial charge in [0.1, 0.15) is 5.66 Å². The lowest BCUT2D eigenvalue weighted by Crippen LogP contribution is -2.58. The van der Waals surface area contributed by atoms with Crippen LogP contribution < -0.4 is 21.4 Å². The van der Waals surface area contributed by atoms with Gasteiger partial charge in [-0.1, -0.05) is 12.5 Å². The van der Waals surface area contributed by atoms with Crippen LogP contribution in [-0.4, -0.2) is 29.2 Å². The second-order valence-electron chi connectivity index (χ2n) is 7.06. The standard InChI is InChI=1S/C18H23N7O/c1-12-10-15(26)25(23-12)14-7-5-6-13(11-14)24-17(20)21-16(19)22-18(24)8-3-2-4-9-18/h5-7,11H,2-4,8-10H2,1H3,(H4,19,20,21,22). The van der Waals surface area contributed by atoms with Gasteiger partial charge in [-0.25, -0.2) is 10.0 Å². The molecule has 0 bridgehead atoms. The third kappa shape index (κ3) is 2.71. The van der Waals surface area contributed by atoms with Crippen LogP contribution >= 0.6 is 0 Å². The molecule has 2 heterocycles. The molecule has 136 valence electrons. The number of anilines is 2. The highest BCUT2D eigenvalue weighted by Gasteiger charge is 2.42. The monoisotopic (exact) mass is 353 g/mol. The number of hydrogen-bond donors (Lipinski definition) is 2. The van der Waals surface area contributed by atoms with E-state index in [2.05, 4.69) is 15.1 Å². The fourth-order valence-corrected chi connectivity index (χ4v) is 4.02. The molecule has 0 atom stereocenters. The third-order valence-electron chi connectivity index (χ3n) is 5.10. The first-order valence-electron chi connectivity index (χ1n) is 8.95. The minimum atomic E-state index is -0.499. The first-order valence-corrected chi connectivity index (χ1v) is 8.95. The average Bonchev–Trinajstić information content (AvgIpc) is 2.93. The molecule has 1 saturated carbocycles. The maximum absolute atomic E-state index is 12.2. The molecule has 0 saturated heterocycles. The van der Waals surface area contributed by atoms with Crippen LogP contribution in [0.2, 0.25) is 0 Å². The number of amides is 1. The third-order valence-corrected chi connectivity index (χ3v) is 5.10. The van der Waals surface area contributed by atoms with Gasteiger partial charge in [0.15, 0.2) is 0 Å². The Morgan fingerprint density at radius 1 is 1.12 bits per heavy atom. The Hall–Kier alpha value is -2.90. The number of nitrogens with zero attached hydrogens (tertiary/aromatic N) is 5. The molecular formula is C18H23N7O. The molecule has 4 N–H and O–H groups in total. The van der Waals surface area contributed by atoms with Gasteiger partial charge >= 0.3 is 0 Å². The number of rotatable bonds is 2. The summed E-state index contributed by atoms with van der Waals surface area (Å²) in [5.41, 5.74) is 14.0. The second kappa shape index (κ2) is 6.12. The molecule has 0 aromatic heterocycles. The zero-order chi connectivity index (χ0) is 18.3. The number of nitrogens with two attached hydrogens (primary N) is 2. The normalized spacial score (nSPS) is 22.3. The molecule has 1 aromatic carbocycles. The molecule has 1 aliphatic carbocycles. The van der Waals surface area contributed by atoms with Crippen molar-refractivity contribution in [2.45, 2.75) is 51.1 Å². The van der Waals surface area contributed by atoms with Crippen molar-refractivity contribution in [3.8, 4) is 0 Å². The van der Waals surface area contributed by atoms with Gasteiger partial charge in [0.2, 0.25) is 11.9 Å². The first-order chi connectivity index (χ1) is 12.5. The van der Waals surface area contributed by atoms with Crippen molar-refractivity contribution in [3.05, 3.63) is 24.3 Å². The lowest BCUT2D eigenvalue weighted by atomic mass is 9.87. The Labute approximate surface area is 152 Å². The van der Waals surface area contributed by atoms with Gasteiger partial charge in [0.25, 0.3) is 5.91 Å². The topological polar surface area (TPSA) is 113 Å². The van der Waals surface area contributed by atoms with E-state index in [1.54, 1.807) is 0 Å². The fraction of sp³-hybridized carbons (Fsp3) is 0.444. The van der Waals surface area contributed by atoms with Crippen LogP contribution in [0.25, 0.3) is 0 Å². The van der Waals surface area contributed by atoms with Gasteiger partial charge in [0.05, 0.1) is 12.1 Å². The van der Waals surface area contributed by atoms with Crippen LogP contribution in [-0.2, 0) is 4.79 Å². The predicted octanol–water partition coefficient (Wildman–Crippen LogP) is 1.91. The molecule has 0 unspecified atom stereocenters. The number of hydrazone groups is 1. The van der Waals surface area contributed by atoms with E-state index in [1.807, 2.05) is 36.1 Å². The first kappa shape index (κ1) is 16.6. The second-order valence-corrected chi connectivity index (χ2v) is 7.06. The molecule has 4 rings (SSSR count). The highest BCUT2D eigenvalue weighted by Crippen LogP contribution is 2.40. The van der Waals surface area contributed by atoms with Gasteiger partial charge in [-0.3, -0.25) is 9.69 Å². The highest BCUT2D eigenvalue weighted by molar-refractivity contribution is 6.12. The van der Waals surface area contributed by atoms with E-state index < -0.39 is 5.66 Å². The van der Waals surface area contributed by atoms with E-state index >= 15 is 0 Å². The lowest BCUT2D eigenvalue weighted by molar-refractivity contribution is -0.116. The zero-order valence-corrected chi connectivity index (χ0v) is 14.9. The summed E-state index contributed by atoms with van der Waals surface area (Å²) in [6.45, 7) is 1.85. The minimum Gasteiger partial charge on any atom is -0.369 e. The molecule has 1 fully saturated rings. The van der Waals surface area contributed by atoms with Crippen LogP contribution in [0.15, 0.2) is 39.4 Å². The summed E-state index contributed by atoms with van der Waals surface area (Å²) in [5.74, 6) is 0.533. The fourth-order valence-electron chi connectivity index (χ4n) is 4.02. The van der Waals surface area contributed by atoms with Gasteiger partial charge in [-0.05, 0) is 50.8 Å². The molecule has 0 radical (unpaired) electrons. The van der Waals surface area contributed by atoms with Crippen molar-refractivity contribution in [2.24, 2.45) is 26.6 Å². The summed E-state index contributed by atoms with van der Waals surface area (Å²) in [5, 5.41) is 5.78. The molecule has 1 amide bonds. The molecule has 1 aromatic rings. The molecule has 2 aliphatic heterocycles. The molecule has 26 heavy (non-hydrogen) atoms. The van der Waals surface area contributed by atoms with E-state index in [9.17, 15) is 4.79 Å². The van der Waals surface area contributed by atoms with E-state index in [0.29, 0.717) is 18.1 Å². The van der Waals surface area contributed by atoms with Crippen molar-refractivity contribution in [2.75, 3.05) is 9.91 Å². The highest BCUT2D eigenvalue weighted by atomic mass is 16.2. The lowest BCUT2D eigenvalue weighted by Gasteiger charge is -2.45. The molecule has 3 aliphatic rings. The van der Waals surface area contributed by atoms with Crippen molar-refractivity contribution < 1.29 is 4.79 Å². The maximum atomic E-state index is 12.2. The minimum absolute atomic E-state index is 0.0328. The van der Waals surface area contributed by atoms with E-state index in [1.165, 1.54) is 11.4 Å². The number of carbonyl (C=O) groups excluding carboxylic acids is 1. The van der Waals surface area contributed by atoms with Crippen LogP contribution in [0.3, 0.4) is 0 Å². The van der Waals surface area contributed by atoms with Crippen molar-refractivity contribution in [1.29, 1.82) is 0 Å². The van der Waals surface area contributed by atoms with Crippen LogP contribution in [0.5, 0.6) is 0 Å². The maximum Gasteiger partial charge on any atom is 0.253 e. The largest absolute Gasteiger partial charge is 0.369 e. The summed E-state index contributed by atoms with van der Waals surface area (Å²) in [7, 11) is 0. The van der Waals surface area contributed by atoms with Crippen LogP contribution in [0, 0.1) is 0 Å². The average molecular weight is 353 g/mol. The number of guanidine groups is 2. The molecular weight excluding hydrogens is 330 g/mol. The number of carbonyl (C=O) groups is 1. The van der Waals surface area contributed by atoms with Gasteiger partial charge in [-0.2, -0.15) is 10.1 Å². The summed E-state index contributed by atoms with van der Waals surface area (Å²) in [4.78, 5) is 23.0. The SMILES string of the molecule is CC1=NN(c2cccc(N3C(N)=NC(N)=NC34CCCCC4)c2)C(=O)C1. The quantitative estimate of drug-likeness (QED) is 0.845. The summed E-state index contributed by atoms with van der Waals surface area (Å²) in [6.07, 6.45) is 5.39. The Bertz CT molecular complexity index is 836. The zero-order valence-electron chi connectivity index (χ0n) is 14.9. The van der Waals surface area contributed by atoms with Crippen LogP contribution in [0.1, 0.15) is 45.4 Å². The van der Waals surface area contributed by atoms with Crippen molar-refractivity contribution >= 4 is 34.9 Å². The number of aliphatic imine (C=N–C) groups is 2. The summed E-state index contributed by atoms with van der Waals surface area (Å²) < 4.78 is 0. The Balaban J connectivity index is 1.75. The number of hydrogen-bond acceptors (Lipinski definition) is 7. The molecule has 8 heteroatoms. The van der Waals surface area contributed by atoms with Crippen LogP contribution in [0.4, 0.5) is 11.4 Å².